The molecule has 0 fully saturated rings. The first-order valence-corrected chi connectivity index (χ1v) is 8.55. The van der Waals surface area contributed by atoms with Crippen LogP contribution < -0.4 is 4.74 Å². The average Bonchev–Trinajstić information content (AvgIpc) is 2.97. The minimum atomic E-state index is -4.40. The van der Waals surface area contributed by atoms with E-state index in [1.807, 2.05) is 36.6 Å². The van der Waals surface area contributed by atoms with Gasteiger partial charge in [-0.1, -0.05) is 12.1 Å². The highest BCUT2D eigenvalue weighted by Crippen LogP contribution is 2.32. The fraction of sp³-hybridized carbons (Fsp3) is 0.350. The van der Waals surface area contributed by atoms with Gasteiger partial charge in [-0.2, -0.15) is 13.2 Å². The third kappa shape index (κ3) is 4.08. The molecule has 0 aliphatic heterocycles. The van der Waals surface area contributed by atoms with Gasteiger partial charge in [0.15, 0.2) is 0 Å². The van der Waals surface area contributed by atoms with Crippen LogP contribution in [0.1, 0.15) is 22.5 Å². The van der Waals surface area contributed by atoms with E-state index in [0.717, 1.165) is 29.0 Å². The smallest absolute Gasteiger partial charge is 0.416 e. The monoisotopic (exact) mass is 378 g/mol. The van der Waals surface area contributed by atoms with Crippen molar-refractivity contribution in [1.82, 2.24) is 9.55 Å². The summed E-state index contributed by atoms with van der Waals surface area (Å²) in [6, 6.07) is 9.35. The topological polar surface area (TPSA) is 36.3 Å². The van der Waals surface area contributed by atoms with E-state index in [1.54, 1.807) is 7.11 Å². The Labute approximate surface area is 155 Å². The molecule has 1 aromatic heterocycles. The lowest BCUT2D eigenvalue weighted by molar-refractivity contribution is -0.137. The van der Waals surface area contributed by atoms with E-state index in [1.165, 1.54) is 6.07 Å². The van der Waals surface area contributed by atoms with Gasteiger partial charge >= 0.3 is 6.18 Å². The van der Waals surface area contributed by atoms with Gasteiger partial charge in [0.2, 0.25) is 0 Å². The summed E-state index contributed by atoms with van der Waals surface area (Å²) in [4.78, 5) is 4.39. The first kappa shape index (κ1) is 19.2. The summed E-state index contributed by atoms with van der Waals surface area (Å²) < 4.78 is 51.9. The van der Waals surface area contributed by atoms with Crippen LogP contribution in [0.15, 0.2) is 36.4 Å². The molecule has 0 atom stereocenters. The number of fused-ring (bicyclic) bond motifs is 1. The Hall–Kier alpha value is -2.54. The number of imidazole rings is 1. The molecule has 3 aromatic rings. The number of hydrogen-bond acceptors (Lipinski definition) is 3. The van der Waals surface area contributed by atoms with Gasteiger partial charge in [-0.3, -0.25) is 0 Å². The molecule has 0 aliphatic carbocycles. The quantitative estimate of drug-likeness (QED) is 0.612. The molecule has 0 spiro atoms. The van der Waals surface area contributed by atoms with Crippen LogP contribution >= 0.6 is 0 Å². The van der Waals surface area contributed by atoms with Crippen LogP contribution in [0.2, 0.25) is 0 Å². The summed E-state index contributed by atoms with van der Waals surface area (Å²) in [6.45, 7) is 5.01. The van der Waals surface area contributed by atoms with Crippen LogP contribution in [0.4, 0.5) is 13.2 Å². The maximum Gasteiger partial charge on any atom is 0.416 e. The highest BCUT2D eigenvalue weighted by atomic mass is 19.4. The number of aryl methyl sites for hydroxylation is 1. The van der Waals surface area contributed by atoms with Gasteiger partial charge in [-0.15, -0.1) is 0 Å². The number of methoxy groups -OCH3 is 1. The minimum Gasteiger partial charge on any atom is -0.485 e. The minimum absolute atomic E-state index is 0.157. The van der Waals surface area contributed by atoms with Crippen LogP contribution in [-0.2, 0) is 24.1 Å². The van der Waals surface area contributed by atoms with Crippen LogP contribution in [-0.4, -0.2) is 23.3 Å². The molecule has 0 saturated heterocycles. The molecule has 2 aromatic carbocycles. The summed E-state index contributed by atoms with van der Waals surface area (Å²) in [5, 5.41) is 0. The molecule has 0 N–H and O–H groups in total. The average molecular weight is 378 g/mol. The second-order valence-electron chi connectivity index (χ2n) is 6.36. The number of halogens is 3. The Morgan fingerprint density at radius 2 is 1.89 bits per heavy atom. The van der Waals surface area contributed by atoms with Crippen molar-refractivity contribution in [2.75, 3.05) is 13.7 Å². The molecule has 0 saturated carbocycles. The van der Waals surface area contributed by atoms with Crippen LogP contribution in [0.25, 0.3) is 11.0 Å². The Morgan fingerprint density at radius 3 is 2.59 bits per heavy atom. The SMILES string of the molecule is COCCn1c(COc2cccc(C)c2C)nc2cc(C(F)(F)F)ccc21. The molecule has 144 valence electrons. The molecule has 0 amide bonds. The van der Waals surface area contributed by atoms with Gasteiger partial charge in [0, 0.05) is 13.7 Å². The van der Waals surface area contributed by atoms with E-state index < -0.39 is 11.7 Å². The fourth-order valence-corrected chi connectivity index (χ4v) is 2.92. The van der Waals surface area contributed by atoms with Crippen LogP contribution in [0.5, 0.6) is 5.75 Å². The number of aromatic nitrogens is 2. The van der Waals surface area contributed by atoms with Crippen molar-refractivity contribution in [3.63, 3.8) is 0 Å². The number of hydrogen-bond donors (Lipinski definition) is 0. The zero-order chi connectivity index (χ0) is 19.6. The molecule has 1 heterocycles. The molecular formula is C20H21F3N2O2. The molecule has 4 nitrogen and oxygen atoms in total. The Kier molecular flexibility index (Phi) is 5.41. The van der Waals surface area contributed by atoms with Gasteiger partial charge in [0.25, 0.3) is 0 Å². The highest BCUT2D eigenvalue weighted by molar-refractivity contribution is 5.77. The van der Waals surface area contributed by atoms with E-state index in [4.69, 9.17) is 9.47 Å². The van der Waals surface area contributed by atoms with E-state index >= 15 is 0 Å². The molecule has 7 heteroatoms. The number of benzene rings is 2. The van der Waals surface area contributed by atoms with Gasteiger partial charge in [0.1, 0.15) is 18.2 Å². The van der Waals surface area contributed by atoms with Crippen molar-refractivity contribution >= 4 is 11.0 Å². The molecule has 3 rings (SSSR count). The lowest BCUT2D eigenvalue weighted by atomic mass is 10.1. The van der Waals surface area contributed by atoms with E-state index in [0.29, 0.717) is 30.0 Å². The van der Waals surface area contributed by atoms with E-state index in [9.17, 15) is 13.2 Å². The van der Waals surface area contributed by atoms with Crippen LogP contribution in [0, 0.1) is 13.8 Å². The van der Waals surface area contributed by atoms with Crippen molar-refractivity contribution in [2.24, 2.45) is 0 Å². The van der Waals surface area contributed by atoms with Gasteiger partial charge in [-0.25, -0.2) is 4.98 Å². The maximum absolute atomic E-state index is 13.0. The van der Waals surface area contributed by atoms with Crippen LogP contribution in [0.3, 0.4) is 0 Å². The van der Waals surface area contributed by atoms with Gasteiger partial charge in [-0.05, 0) is 49.2 Å². The van der Waals surface area contributed by atoms with Crippen molar-refractivity contribution in [3.8, 4) is 5.75 Å². The van der Waals surface area contributed by atoms with Crippen molar-refractivity contribution in [2.45, 2.75) is 33.2 Å². The normalized spacial score (nSPS) is 11.9. The molecular weight excluding hydrogens is 357 g/mol. The van der Waals surface area contributed by atoms with E-state index in [2.05, 4.69) is 4.98 Å². The second kappa shape index (κ2) is 7.60. The third-order valence-corrected chi connectivity index (χ3v) is 4.59. The van der Waals surface area contributed by atoms with Crippen molar-refractivity contribution in [1.29, 1.82) is 0 Å². The molecule has 0 unspecified atom stereocenters. The Morgan fingerprint density at radius 1 is 1.11 bits per heavy atom. The number of nitrogens with zero attached hydrogens (tertiary/aromatic N) is 2. The first-order valence-electron chi connectivity index (χ1n) is 8.55. The van der Waals surface area contributed by atoms with Gasteiger partial charge < -0.3 is 14.0 Å². The molecule has 0 aliphatic rings. The predicted octanol–water partition coefficient (Wildman–Crippen LogP) is 4.90. The first-order chi connectivity index (χ1) is 12.8. The molecule has 27 heavy (non-hydrogen) atoms. The molecule has 0 radical (unpaired) electrons. The fourth-order valence-electron chi connectivity index (χ4n) is 2.92. The summed E-state index contributed by atoms with van der Waals surface area (Å²) in [5.41, 5.74) is 2.33. The number of alkyl halides is 3. The highest BCUT2D eigenvalue weighted by Gasteiger charge is 2.31. The van der Waals surface area contributed by atoms with Crippen molar-refractivity contribution < 1.29 is 22.6 Å². The maximum atomic E-state index is 13.0. The van der Waals surface area contributed by atoms with E-state index in [-0.39, 0.29) is 6.61 Å². The zero-order valence-corrected chi connectivity index (χ0v) is 15.4. The largest absolute Gasteiger partial charge is 0.485 e. The zero-order valence-electron chi connectivity index (χ0n) is 15.4. The number of rotatable bonds is 6. The Bertz CT molecular complexity index is 948. The predicted molar refractivity (Wildman–Crippen MR) is 96.9 cm³/mol. The Balaban J connectivity index is 1.95. The summed E-state index contributed by atoms with van der Waals surface area (Å²) >= 11 is 0. The summed E-state index contributed by atoms with van der Waals surface area (Å²) in [5.74, 6) is 1.29. The summed E-state index contributed by atoms with van der Waals surface area (Å²) in [7, 11) is 1.58. The lowest BCUT2D eigenvalue weighted by Crippen LogP contribution is -2.11. The third-order valence-electron chi connectivity index (χ3n) is 4.59. The van der Waals surface area contributed by atoms with Crippen molar-refractivity contribution in [3.05, 3.63) is 58.9 Å². The molecule has 0 bridgehead atoms. The second-order valence-corrected chi connectivity index (χ2v) is 6.36. The number of ether oxygens (including phenoxy) is 2. The lowest BCUT2D eigenvalue weighted by Gasteiger charge is -2.12. The standard InChI is InChI=1S/C20H21F3N2O2/c1-13-5-4-6-18(14(13)2)27-12-19-24-16-11-15(20(21,22)23)7-8-17(16)25(19)9-10-26-3/h4-8,11H,9-10,12H2,1-3H3. The summed E-state index contributed by atoms with van der Waals surface area (Å²) in [6.07, 6.45) is -4.40. The van der Waals surface area contributed by atoms with Gasteiger partial charge in [0.05, 0.1) is 23.2 Å².